The van der Waals surface area contributed by atoms with Crippen LogP contribution in [-0.4, -0.2) is 59.0 Å². The first kappa shape index (κ1) is 16.0. The predicted octanol–water partition coefficient (Wildman–Crippen LogP) is 1.74. The average Bonchev–Trinajstić information content (AvgIpc) is 2.75. The molecule has 5 heteroatoms. The van der Waals surface area contributed by atoms with Crippen LogP contribution in [0.1, 0.15) is 39.0 Å². The number of carboxylic acids is 1. The lowest BCUT2D eigenvalue weighted by Crippen LogP contribution is -2.52. The number of aliphatic carboxylic acids is 1. The molecule has 0 aromatic rings. The fourth-order valence-corrected chi connectivity index (χ4v) is 3.24. The van der Waals surface area contributed by atoms with E-state index in [0.717, 1.165) is 51.9 Å². The van der Waals surface area contributed by atoms with Gasteiger partial charge in [0.2, 0.25) is 5.91 Å². The van der Waals surface area contributed by atoms with Crippen molar-refractivity contribution in [1.29, 1.82) is 0 Å². The summed E-state index contributed by atoms with van der Waals surface area (Å²) in [7, 11) is 0. The maximum absolute atomic E-state index is 12.5. The summed E-state index contributed by atoms with van der Waals surface area (Å²) in [6.45, 7) is 4.97. The molecule has 0 bridgehead atoms. The van der Waals surface area contributed by atoms with Gasteiger partial charge in [-0.3, -0.25) is 14.5 Å². The number of nitrogens with zero attached hydrogens (tertiary/aromatic N) is 2. The molecule has 0 saturated carbocycles. The van der Waals surface area contributed by atoms with Gasteiger partial charge in [0.1, 0.15) is 0 Å². The minimum atomic E-state index is -0.757. The quantitative estimate of drug-likeness (QED) is 0.802. The summed E-state index contributed by atoms with van der Waals surface area (Å²) in [4.78, 5) is 27.5. The first-order valence-electron chi connectivity index (χ1n) is 7.97. The standard InChI is InChI=1S/C16H26N2O3/c1-13(12-15(19)20)17-8-10-18(11-9-17)16(21)14-6-4-2-3-5-7-14/h2-3,13-14H,4-12H2,1H3,(H,19,20). The number of hydrogen-bond donors (Lipinski definition) is 1. The van der Waals surface area contributed by atoms with Gasteiger partial charge in [-0.2, -0.15) is 0 Å². The first-order valence-corrected chi connectivity index (χ1v) is 7.97. The van der Waals surface area contributed by atoms with Crippen molar-refractivity contribution in [2.24, 2.45) is 5.92 Å². The van der Waals surface area contributed by atoms with Gasteiger partial charge in [-0.1, -0.05) is 12.2 Å². The SMILES string of the molecule is CC(CC(=O)O)N1CCN(C(=O)C2CCC=CCC2)CC1. The molecule has 2 aliphatic rings. The number of rotatable bonds is 4. The van der Waals surface area contributed by atoms with Gasteiger partial charge in [0.15, 0.2) is 0 Å². The van der Waals surface area contributed by atoms with Gasteiger partial charge in [-0.15, -0.1) is 0 Å². The minimum Gasteiger partial charge on any atom is -0.481 e. The van der Waals surface area contributed by atoms with E-state index in [2.05, 4.69) is 17.1 Å². The second kappa shape index (κ2) is 7.59. The summed E-state index contributed by atoms with van der Waals surface area (Å²) in [5.41, 5.74) is 0. The molecule has 0 aromatic carbocycles. The Morgan fingerprint density at radius 2 is 1.71 bits per heavy atom. The average molecular weight is 294 g/mol. The fraction of sp³-hybridized carbons (Fsp3) is 0.750. The normalized spacial score (nSPS) is 22.8. The molecule has 1 aliphatic heterocycles. The lowest BCUT2D eigenvalue weighted by Gasteiger charge is -2.38. The highest BCUT2D eigenvalue weighted by molar-refractivity contribution is 5.79. The van der Waals surface area contributed by atoms with E-state index in [1.165, 1.54) is 0 Å². The molecule has 1 unspecified atom stereocenters. The van der Waals surface area contributed by atoms with Crippen molar-refractivity contribution in [3.63, 3.8) is 0 Å². The second-order valence-electron chi connectivity index (χ2n) is 6.13. The summed E-state index contributed by atoms with van der Waals surface area (Å²) >= 11 is 0. The van der Waals surface area contributed by atoms with Crippen LogP contribution in [0, 0.1) is 5.92 Å². The monoisotopic (exact) mass is 294 g/mol. The summed E-state index contributed by atoms with van der Waals surface area (Å²) < 4.78 is 0. The molecule has 0 radical (unpaired) electrons. The Morgan fingerprint density at radius 1 is 1.14 bits per heavy atom. The molecule has 1 saturated heterocycles. The maximum Gasteiger partial charge on any atom is 0.304 e. The molecule has 0 spiro atoms. The van der Waals surface area contributed by atoms with Crippen LogP contribution in [0.2, 0.25) is 0 Å². The number of allylic oxidation sites excluding steroid dienone is 2. The zero-order chi connectivity index (χ0) is 15.2. The van der Waals surface area contributed by atoms with Gasteiger partial charge < -0.3 is 10.0 Å². The van der Waals surface area contributed by atoms with Crippen molar-refractivity contribution in [2.75, 3.05) is 26.2 Å². The van der Waals surface area contributed by atoms with Crippen LogP contribution in [0.15, 0.2) is 12.2 Å². The van der Waals surface area contributed by atoms with Gasteiger partial charge in [0.25, 0.3) is 0 Å². The van der Waals surface area contributed by atoms with E-state index in [0.29, 0.717) is 5.91 Å². The molecule has 0 aromatic heterocycles. The van der Waals surface area contributed by atoms with Crippen molar-refractivity contribution in [3.8, 4) is 0 Å². The summed E-state index contributed by atoms with van der Waals surface area (Å²) in [5.74, 6) is -0.292. The zero-order valence-electron chi connectivity index (χ0n) is 12.8. The maximum atomic E-state index is 12.5. The van der Waals surface area contributed by atoms with Crippen LogP contribution >= 0.6 is 0 Å². The Morgan fingerprint density at radius 3 is 2.24 bits per heavy atom. The smallest absolute Gasteiger partial charge is 0.304 e. The summed E-state index contributed by atoms with van der Waals surface area (Å²) in [5, 5.41) is 8.85. The van der Waals surface area contributed by atoms with Crippen molar-refractivity contribution in [2.45, 2.75) is 45.1 Å². The second-order valence-corrected chi connectivity index (χ2v) is 6.13. The number of piperazine rings is 1. The topological polar surface area (TPSA) is 60.9 Å². The molecule has 1 heterocycles. The summed E-state index contributed by atoms with van der Waals surface area (Å²) in [6.07, 6.45) is 8.47. The Hall–Kier alpha value is -1.36. The Kier molecular flexibility index (Phi) is 5.79. The van der Waals surface area contributed by atoms with Crippen LogP contribution in [-0.2, 0) is 9.59 Å². The first-order chi connectivity index (χ1) is 10.1. The van der Waals surface area contributed by atoms with Crippen molar-refractivity contribution >= 4 is 11.9 Å². The number of amides is 1. The number of carboxylic acid groups (broad SMARTS) is 1. The molecule has 5 nitrogen and oxygen atoms in total. The minimum absolute atomic E-state index is 0.0434. The molecule has 2 rings (SSSR count). The van der Waals surface area contributed by atoms with Crippen LogP contribution in [0.3, 0.4) is 0 Å². The van der Waals surface area contributed by atoms with E-state index < -0.39 is 5.97 Å². The fourth-order valence-electron chi connectivity index (χ4n) is 3.24. The Labute approximate surface area is 126 Å². The highest BCUT2D eigenvalue weighted by Gasteiger charge is 2.28. The van der Waals surface area contributed by atoms with Gasteiger partial charge in [-0.25, -0.2) is 0 Å². The molecule has 118 valence electrons. The molecule has 1 atom stereocenters. The zero-order valence-corrected chi connectivity index (χ0v) is 12.8. The number of carbonyl (C=O) groups excluding carboxylic acids is 1. The molecule has 1 fully saturated rings. The van der Waals surface area contributed by atoms with E-state index in [4.69, 9.17) is 5.11 Å². The third-order valence-electron chi connectivity index (χ3n) is 4.60. The van der Waals surface area contributed by atoms with E-state index in [1.807, 2.05) is 11.8 Å². The van der Waals surface area contributed by atoms with E-state index in [1.54, 1.807) is 0 Å². The van der Waals surface area contributed by atoms with Crippen molar-refractivity contribution < 1.29 is 14.7 Å². The highest BCUT2D eigenvalue weighted by atomic mass is 16.4. The summed E-state index contributed by atoms with van der Waals surface area (Å²) in [6, 6.07) is 0.0434. The van der Waals surface area contributed by atoms with Crippen LogP contribution in [0.4, 0.5) is 0 Å². The van der Waals surface area contributed by atoms with Gasteiger partial charge in [0.05, 0.1) is 6.42 Å². The van der Waals surface area contributed by atoms with Crippen LogP contribution in [0.25, 0.3) is 0 Å². The molecular weight excluding hydrogens is 268 g/mol. The Balaban J connectivity index is 1.80. The van der Waals surface area contributed by atoms with Crippen molar-refractivity contribution in [3.05, 3.63) is 12.2 Å². The highest BCUT2D eigenvalue weighted by Crippen LogP contribution is 2.22. The molecular formula is C16H26N2O3. The van der Waals surface area contributed by atoms with Crippen LogP contribution in [0.5, 0.6) is 0 Å². The molecule has 21 heavy (non-hydrogen) atoms. The molecule has 1 amide bonds. The van der Waals surface area contributed by atoms with Gasteiger partial charge in [-0.05, 0) is 32.6 Å². The third kappa shape index (κ3) is 4.56. The molecule has 1 N–H and O–H groups in total. The lowest BCUT2D eigenvalue weighted by molar-refractivity contribution is -0.141. The molecule has 1 aliphatic carbocycles. The van der Waals surface area contributed by atoms with Gasteiger partial charge >= 0.3 is 5.97 Å². The van der Waals surface area contributed by atoms with E-state index in [9.17, 15) is 9.59 Å². The lowest BCUT2D eigenvalue weighted by atomic mass is 9.98. The van der Waals surface area contributed by atoms with Crippen LogP contribution < -0.4 is 0 Å². The third-order valence-corrected chi connectivity index (χ3v) is 4.60. The van der Waals surface area contributed by atoms with E-state index in [-0.39, 0.29) is 18.4 Å². The van der Waals surface area contributed by atoms with Crippen molar-refractivity contribution in [1.82, 2.24) is 9.80 Å². The largest absolute Gasteiger partial charge is 0.481 e. The Bertz CT molecular complexity index is 390. The van der Waals surface area contributed by atoms with Gasteiger partial charge in [0, 0.05) is 38.1 Å². The number of hydrogen-bond acceptors (Lipinski definition) is 3. The number of carbonyl (C=O) groups is 2. The predicted molar refractivity (Wildman–Crippen MR) is 81.0 cm³/mol. The van der Waals surface area contributed by atoms with E-state index >= 15 is 0 Å².